The zero-order chi connectivity index (χ0) is 26.2. The summed E-state index contributed by atoms with van der Waals surface area (Å²) in [7, 11) is -3.71. The number of nitrogens with zero attached hydrogens (tertiary/aromatic N) is 4. The predicted octanol–water partition coefficient (Wildman–Crippen LogP) is 4.51. The zero-order valence-corrected chi connectivity index (χ0v) is 21.7. The number of nitro benzene ring substituents is 1. The van der Waals surface area contributed by atoms with E-state index in [0.717, 1.165) is 23.1 Å². The van der Waals surface area contributed by atoms with Crippen molar-refractivity contribution in [2.75, 3.05) is 6.54 Å². The first-order valence-electron chi connectivity index (χ1n) is 11.8. The van der Waals surface area contributed by atoms with Crippen molar-refractivity contribution < 1.29 is 18.1 Å². The number of rotatable bonds is 6. The molecule has 11 heteroatoms. The maximum absolute atomic E-state index is 13.2. The molecule has 3 aromatic carbocycles. The maximum Gasteiger partial charge on any atom is 0.279 e. The van der Waals surface area contributed by atoms with Crippen molar-refractivity contribution in [3.05, 3.63) is 98.3 Å². The van der Waals surface area contributed by atoms with Gasteiger partial charge in [0.15, 0.2) is 4.80 Å². The van der Waals surface area contributed by atoms with Gasteiger partial charge in [0.25, 0.3) is 11.6 Å². The Morgan fingerprint density at radius 2 is 1.81 bits per heavy atom. The molecule has 0 bridgehead atoms. The number of hydrogen-bond donors (Lipinski definition) is 0. The van der Waals surface area contributed by atoms with Crippen LogP contribution in [0.25, 0.3) is 10.2 Å². The van der Waals surface area contributed by atoms with Crippen LogP contribution in [0.3, 0.4) is 0 Å². The second kappa shape index (κ2) is 10.0. The van der Waals surface area contributed by atoms with Crippen LogP contribution in [0.15, 0.2) is 76.6 Å². The molecule has 2 heterocycles. The summed E-state index contributed by atoms with van der Waals surface area (Å²) in [5.41, 5.74) is 3.16. The Balaban J connectivity index is 1.42. The number of carbonyl (C=O) groups is 1. The summed E-state index contributed by atoms with van der Waals surface area (Å²) >= 11 is 1.21. The van der Waals surface area contributed by atoms with Crippen molar-refractivity contribution in [2.24, 2.45) is 4.99 Å². The van der Waals surface area contributed by atoms with Crippen LogP contribution in [-0.4, -0.2) is 34.7 Å². The van der Waals surface area contributed by atoms with E-state index >= 15 is 0 Å². The molecule has 37 heavy (non-hydrogen) atoms. The molecular weight excluding hydrogens is 512 g/mol. The van der Waals surface area contributed by atoms with Crippen molar-refractivity contribution in [3.8, 4) is 0 Å². The number of benzene rings is 3. The Bertz CT molecular complexity index is 1690. The summed E-state index contributed by atoms with van der Waals surface area (Å²) in [6.45, 7) is 3.31. The number of nitro groups is 1. The molecule has 0 N–H and O–H groups in total. The normalized spacial score (nSPS) is 14.6. The third-order valence-electron chi connectivity index (χ3n) is 6.36. The highest BCUT2D eigenvalue weighted by Crippen LogP contribution is 2.26. The van der Waals surface area contributed by atoms with Crippen LogP contribution >= 0.6 is 11.3 Å². The Hall–Kier alpha value is -3.67. The highest BCUT2D eigenvalue weighted by atomic mass is 32.2. The second-order valence-corrected chi connectivity index (χ2v) is 11.7. The maximum atomic E-state index is 13.2. The first-order chi connectivity index (χ1) is 17.8. The summed E-state index contributed by atoms with van der Waals surface area (Å²) in [6.07, 6.45) is 1.44. The van der Waals surface area contributed by atoms with E-state index in [4.69, 9.17) is 0 Å². The minimum atomic E-state index is -3.71. The van der Waals surface area contributed by atoms with Crippen LogP contribution in [0.5, 0.6) is 0 Å². The summed E-state index contributed by atoms with van der Waals surface area (Å²) in [6, 6.07) is 18.2. The highest BCUT2D eigenvalue weighted by molar-refractivity contribution is 7.89. The summed E-state index contributed by atoms with van der Waals surface area (Å²) in [4.78, 5) is 28.5. The van der Waals surface area contributed by atoms with Crippen molar-refractivity contribution in [1.29, 1.82) is 0 Å². The van der Waals surface area contributed by atoms with Gasteiger partial charge in [0.2, 0.25) is 10.0 Å². The lowest BCUT2D eigenvalue weighted by molar-refractivity contribution is -0.384. The minimum Gasteiger partial charge on any atom is -0.316 e. The third kappa shape index (κ3) is 4.85. The second-order valence-electron chi connectivity index (χ2n) is 8.74. The number of fused-ring (bicyclic) bond motifs is 2. The fraction of sp³-hybridized carbons (Fsp3) is 0.231. The van der Waals surface area contributed by atoms with Gasteiger partial charge in [0, 0.05) is 37.3 Å². The Labute approximate surface area is 217 Å². The largest absolute Gasteiger partial charge is 0.316 e. The molecule has 0 saturated carbocycles. The number of non-ortho nitro benzene ring substituents is 1. The Morgan fingerprint density at radius 3 is 2.51 bits per heavy atom. The van der Waals surface area contributed by atoms with Crippen LogP contribution in [-0.2, 0) is 29.5 Å². The molecule has 1 amide bonds. The van der Waals surface area contributed by atoms with Gasteiger partial charge in [0.1, 0.15) is 0 Å². The van der Waals surface area contributed by atoms with Crippen LogP contribution in [0, 0.1) is 10.1 Å². The van der Waals surface area contributed by atoms with Crippen LogP contribution < -0.4 is 4.80 Å². The van der Waals surface area contributed by atoms with Crippen molar-refractivity contribution in [1.82, 2.24) is 8.87 Å². The van der Waals surface area contributed by atoms with E-state index in [2.05, 4.69) is 4.99 Å². The lowest BCUT2D eigenvalue weighted by atomic mass is 10.0. The standard InChI is InChI=1S/C26H24N4O5S2/c1-2-14-29-23-12-9-21(30(32)33)16-24(23)36-26(29)27-25(31)19-7-10-22(11-8-19)37(34,35)28-15-13-18-5-3-4-6-20(18)17-28/h3-12,16H,2,13-15,17H2,1H3. The molecule has 1 aliphatic heterocycles. The SMILES string of the molecule is CCCn1c(=NC(=O)c2ccc(S(=O)(=O)N3CCc4ccccc4C3)cc2)sc2cc([N+](=O)[O-])ccc21. The van der Waals surface area contributed by atoms with Gasteiger partial charge in [-0.2, -0.15) is 9.30 Å². The first-order valence-corrected chi connectivity index (χ1v) is 14.1. The molecule has 4 aromatic rings. The molecule has 0 spiro atoms. The number of amides is 1. The summed E-state index contributed by atoms with van der Waals surface area (Å²) in [5, 5.41) is 11.2. The molecule has 0 unspecified atom stereocenters. The minimum absolute atomic E-state index is 0.0238. The lowest BCUT2D eigenvalue weighted by Crippen LogP contribution is -2.35. The van der Waals surface area contributed by atoms with Gasteiger partial charge in [-0.3, -0.25) is 14.9 Å². The van der Waals surface area contributed by atoms with E-state index in [1.54, 1.807) is 6.07 Å². The van der Waals surface area contributed by atoms with Gasteiger partial charge in [-0.05, 0) is 54.3 Å². The molecule has 0 aliphatic carbocycles. The van der Waals surface area contributed by atoms with Crippen molar-refractivity contribution >= 4 is 43.2 Å². The molecule has 1 aliphatic rings. The third-order valence-corrected chi connectivity index (χ3v) is 9.26. The van der Waals surface area contributed by atoms with E-state index in [0.29, 0.717) is 35.6 Å². The van der Waals surface area contributed by atoms with Crippen molar-refractivity contribution in [2.45, 2.75) is 37.8 Å². The monoisotopic (exact) mass is 536 g/mol. The number of aryl methyl sites for hydroxylation is 1. The van der Waals surface area contributed by atoms with E-state index in [1.807, 2.05) is 35.8 Å². The van der Waals surface area contributed by atoms with Gasteiger partial charge in [-0.15, -0.1) is 0 Å². The lowest BCUT2D eigenvalue weighted by Gasteiger charge is -2.28. The number of thiazole rings is 1. The number of hydrogen-bond acceptors (Lipinski definition) is 6. The average molecular weight is 537 g/mol. The molecule has 0 radical (unpaired) electrons. The number of carbonyl (C=O) groups excluding carboxylic acids is 1. The van der Waals surface area contributed by atoms with Gasteiger partial charge in [-0.25, -0.2) is 8.42 Å². The number of sulfonamides is 1. The molecule has 190 valence electrons. The van der Waals surface area contributed by atoms with Gasteiger partial charge >= 0.3 is 0 Å². The zero-order valence-electron chi connectivity index (χ0n) is 20.0. The fourth-order valence-corrected chi connectivity index (χ4v) is 6.95. The topological polar surface area (TPSA) is 115 Å². The molecule has 9 nitrogen and oxygen atoms in total. The van der Waals surface area contributed by atoms with Gasteiger partial charge in [0.05, 0.1) is 20.0 Å². The molecule has 0 atom stereocenters. The van der Waals surface area contributed by atoms with Crippen LogP contribution in [0.2, 0.25) is 0 Å². The predicted molar refractivity (Wildman–Crippen MR) is 141 cm³/mol. The van der Waals surface area contributed by atoms with E-state index < -0.39 is 20.9 Å². The van der Waals surface area contributed by atoms with E-state index in [-0.39, 0.29) is 16.1 Å². The van der Waals surface area contributed by atoms with Crippen LogP contribution in [0.1, 0.15) is 34.8 Å². The average Bonchev–Trinajstić information content (AvgIpc) is 3.24. The highest BCUT2D eigenvalue weighted by Gasteiger charge is 2.28. The molecule has 5 rings (SSSR count). The van der Waals surface area contributed by atoms with E-state index in [1.165, 1.54) is 52.0 Å². The van der Waals surface area contributed by atoms with Crippen molar-refractivity contribution in [3.63, 3.8) is 0 Å². The Morgan fingerprint density at radius 1 is 1.08 bits per heavy atom. The smallest absolute Gasteiger partial charge is 0.279 e. The number of aromatic nitrogens is 1. The van der Waals surface area contributed by atoms with Crippen LogP contribution in [0.4, 0.5) is 5.69 Å². The first kappa shape index (κ1) is 25.0. The van der Waals surface area contributed by atoms with Gasteiger partial charge in [-0.1, -0.05) is 42.5 Å². The van der Waals surface area contributed by atoms with E-state index in [9.17, 15) is 23.3 Å². The molecule has 0 fully saturated rings. The molecule has 0 saturated heterocycles. The summed E-state index contributed by atoms with van der Waals surface area (Å²) in [5.74, 6) is -0.512. The summed E-state index contributed by atoms with van der Waals surface area (Å²) < 4.78 is 30.5. The quantitative estimate of drug-likeness (QED) is 0.266. The fourth-order valence-electron chi connectivity index (χ4n) is 4.45. The van der Waals surface area contributed by atoms with Gasteiger partial charge < -0.3 is 4.57 Å². The molecule has 1 aromatic heterocycles. The Kier molecular flexibility index (Phi) is 6.76. The molecular formula is C26H24N4O5S2.